The van der Waals surface area contributed by atoms with E-state index in [0.717, 1.165) is 0 Å². The summed E-state index contributed by atoms with van der Waals surface area (Å²) in [4.78, 5) is 0. The van der Waals surface area contributed by atoms with E-state index in [1.165, 1.54) is 0 Å². The molecule has 0 atom stereocenters. The van der Waals surface area contributed by atoms with Crippen molar-refractivity contribution in [2.24, 2.45) is 0 Å². The Kier molecular flexibility index (Phi) is 3.12. The van der Waals surface area contributed by atoms with E-state index < -0.39 is 16.0 Å². The molecule has 3 nitrogen and oxygen atoms in total. The minimum atomic E-state index is -1.60. The third kappa shape index (κ3) is 2.15. The number of aliphatic hydroxyl groups excluding tert-OH is 2. The summed E-state index contributed by atoms with van der Waals surface area (Å²) >= 11 is 10.8. The number of hydrogen-bond donors (Lipinski definition) is 3. The van der Waals surface area contributed by atoms with Gasteiger partial charge in [0.15, 0.2) is 4.33 Å². The molecule has 10 heavy (non-hydrogen) atoms. The highest BCUT2D eigenvalue weighted by molar-refractivity contribution is 6.50. The third-order valence-corrected chi connectivity index (χ3v) is 1.89. The summed E-state index contributed by atoms with van der Waals surface area (Å²) in [5.74, 6) is -2.06. The van der Waals surface area contributed by atoms with Gasteiger partial charge in [-0.05, 0) is 6.42 Å². The summed E-state index contributed by atoms with van der Waals surface area (Å²) in [6.45, 7) is 1.60. The molecule has 60 valence electrons. The first-order valence-electron chi connectivity index (χ1n) is 2.61. The van der Waals surface area contributed by atoms with Gasteiger partial charge in [-0.2, -0.15) is 0 Å². The zero-order chi connectivity index (χ0) is 8.36. The molecule has 0 saturated carbocycles. The van der Waals surface area contributed by atoms with Crippen LogP contribution in [0.25, 0.3) is 0 Å². The highest BCUT2D eigenvalue weighted by atomic mass is 35.5. The van der Waals surface area contributed by atoms with Crippen molar-refractivity contribution in [3.63, 3.8) is 0 Å². The Labute approximate surface area is 68.5 Å². The van der Waals surface area contributed by atoms with E-state index in [4.69, 9.17) is 38.5 Å². The maximum absolute atomic E-state index is 8.77. The number of hydrogen-bond acceptors (Lipinski definition) is 3. The molecule has 0 rings (SSSR count). The van der Waals surface area contributed by atoms with Crippen molar-refractivity contribution < 1.29 is 15.3 Å². The molecule has 0 unspecified atom stereocenters. The summed E-state index contributed by atoms with van der Waals surface area (Å²) in [7, 11) is 0. The first kappa shape index (κ1) is 9.72. The first-order chi connectivity index (χ1) is 4.41. The first-order valence-corrected chi connectivity index (χ1v) is 3.37. The molecule has 0 aliphatic rings. The highest BCUT2D eigenvalue weighted by Crippen LogP contribution is 2.32. The summed E-state index contributed by atoms with van der Waals surface area (Å²) in [5.41, 5.74) is 0. The lowest BCUT2D eigenvalue weighted by molar-refractivity contribution is 0.152. The fourth-order valence-electron chi connectivity index (χ4n) is 0.331. The number of halogens is 2. The zero-order valence-corrected chi connectivity index (χ0v) is 6.82. The molecular weight excluding hydrogens is 179 g/mol. The molecule has 0 aliphatic carbocycles. The maximum Gasteiger partial charge on any atom is 0.317 e. The van der Waals surface area contributed by atoms with Crippen LogP contribution in [0.1, 0.15) is 13.3 Å². The molecule has 0 heterocycles. The van der Waals surface area contributed by atoms with E-state index in [1.807, 2.05) is 0 Å². The molecule has 0 fully saturated rings. The predicted octanol–water partition coefficient (Wildman–Crippen LogP) is 2.41. The Hall–Kier alpha value is -0.280. The molecule has 0 aromatic carbocycles. The van der Waals surface area contributed by atoms with Gasteiger partial charge in [0.1, 0.15) is 0 Å². The van der Waals surface area contributed by atoms with Crippen LogP contribution in [0.2, 0.25) is 0 Å². The molecule has 0 saturated heterocycles. The lowest BCUT2D eigenvalue weighted by Gasteiger charge is -2.14. The van der Waals surface area contributed by atoms with E-state index in [-0.39, 0.29) is 6.42 Å². The Morgan fingerprint density at radius 2 is 1.70 bits per heavy atom. The normalized spacial score (nSPS) is 11.1. The van der Waals surface area contributed by atoms with Gasteiger partial charge in [-0.3, -0.25) is 0 Å². The molecule has 0 aromatic rings. The summed E-state index contributed by atoms with van der Waals surface area (Å²) < 4.78 is -1.60. The van der Waals surface area contributed by atoms with E-state index in [1.54, 1.807) is 6.92 Å². The van der Waals surface area contributed by atoms with E-state index in [2.05, 4.69) is 0 Å². The average Bonchev–Trinajstić information content (AvgIpc) is 1.86. The van der Waals surface area contributed by atoms with Crippen molar-refractivity contribution in [2.45, 2.75) is 17.7 Å². The topological polar surface area (TPSA) is 60.7 Å². The Morgan fingerprint density at radius 1 is 1.30 bits per heavy atom. The van der Waals surface area contributed by atoms with Gasteiger partial charge in [0, 0.05) is 0 Å². The van der Waals surface area contributed by atoms with Crippen LogP contribution >= 0.6 is 23.2 Å². The second-order valence-electron chi connectivity index (χ2n) is 1.73. The van der Waals surface area contributed by atoms with Gasteiger partial charge >= 0.3 is 5.95 Å². The van der Waals surface area contributed by atoms with Crippen molar-refractivity contribution in [1.82, 2.24) is 0 Å². The standard InChI is InChI=1S/C5H8Cl2O3/c1-2-5(6,7)3(8)4(9)10/h8-10H,2H2,1H3. The molecular formula is C5H8Cl2O3. The summed E-state index contributed by atoms with van der Waals surface area (Å²) in [6.07, 6.45) is 0.187. The molecule has 0 aliphatic heterocycles. The molecule has 0 spiro atoms. The fourth-order valence-corrected chi connectivity index (χ4v) is 0.500. The molecule has 5 heteroatoms. The second kappa shape index (κ2) is 3.21. The molecule has 0 radical (unpaired) electrons. The maximum atomic E-state index is 8.77. The number of rotatable bonds is 2. The Balaban J connectivity index is 4.49. The molecule has 0 amide bonds. The molecule has 3 N–H and O–H groups in total. The van der Waals surface area contributed by atoms with Crippen LogP contribution in [0.3, 0.4) is 0 Å². The van der Waals surface area contributed by atoms with Crippen LogP contribution in [0, 0.1) is 0 Å². The van der Waals surface area contributed by atoms with Gasteiger partial charge in [-0.25, -0.2) is 0 Å². The van der Waals surface area contributed by atoms with Gasteiger partial charge < -0.3 is 15.3 Å². The van der Waals surface area contributed by atoms with Crippen LogP contribution in [0.5, 0.6) is 0 Å². The van der Waals surface area contributed by atoms with Gasteiger partial charge in [-0.15, -0.1) is 0 Å². The fraction of sp³-hybridized carbons (Fsp3) is 0.600. The lowest BCUT2D eigenvalue weighted by Crippen LogP contribution is -2.16. The van der Waals surface area contributed by atoms with Crippen LogP contribution in [-0.4, -0.2) is 19.7 Å². The molecule has 0 aromatic heterocycles. The quantitative estimate of drug-likeness (QED) is 0.459. The molecule has 0 bridgehead atoms. The highest BCUT2D eigenvalue weighted by Gasteiger charge is 2.30. The van der Waals surface area contributed by atoms with Gasteiger partial charge in [-0.1, -0.05) is 30.1 Å². The number of alkyl halides is 2. The average molecular weight is 187 g/mol. The van der Waals surface area contributed by atoms with Crippen molar-refractivity contribution in [2.75, 3.05) is 0 Å². The van der Waals surface area contributed by atoms with Crippen LogP contribution < -0.4 is 0 Å². The third-order valence-electron chi connectivity index (χ3n) is 1.00. The van der Waals surface area contributed by atoms with Gasteiger partial charge in [0.05, 0.1) is 0 Å². The minimum Gasteiger partial charge on any atom is -0.503 e. The van der Waals surface area contributed by atoms with Crippen LogP contribution in [-0.2, 0) is 0 Å². The van der Waals surface area contributed by atoms with Gasteiger partial charge in [0.25, 0.3) is 0 Å². The van der Waals surface area contributed by atoms with Crippen molar-refractivity contribution in [1.29, 1.82) is 0 Å². The van der Waals surface area contributed by atoms with E-state index in [0.29, 0.717) is 0 Å². The lowest BCUT2D eigenvalue weighted by atomic mass is 10.3. The van der Waals surface area contributed by atoms with Crippen LogP contribution in [0.15, 0.2) is 11.7 Å². The van der Waals surface area contributed by atoms with E-state index in [9.17, 15) is 0 Å². The smallest absolute Gasteiger partial charge is 0.317 e. The second-order valence-corrected chi connectivity index (χ2v) is 3.21. The van der Waals surface area contributed by atoms with Crippen molar-refractivity contribution in [3.05, 3.63) is 11.7 Å². The van der Waals surface area contributed by atoms with Crippen molar-refractivity contribution in [3.8, 4) is 0 Å². The van der Waals surface area contributed by atoms with Gasteiger partial charge in [0.2, 0.25) is 5.76 Å². The number of aliphatic hydroxyl groups is 3. The predicted molar refractivity (Wildman–Crippen MR) is 39.6 cm³/mol. The van der Waals surface area contributed by atoms with Crippen molar-refractivity contribution >= 4 is 23.2 Å². The largest absolute Gasteiger partial charge is 0.503 e. The monoisotopic (exact) mass is 186 g/mol. The van der Waals surface area contributed by atoms with Crippen LogP contribution in [0.4, 0.5) is 0 Å². The SMILES string of the molecule is CCC(Cl)(Cl)C(O)=C(O)O. The summed E-state index contributed by atoms with van der Waals surface area (Å²) in [6, 6.07) is 0. The zero-order valence-electron chi connectivity index (χ0n) is 5.30. The van der Waals surface area contributed by atoms with E-state index >= 15 is 0 Å². The Morgan fingerprint density at radius 3 is 1.80 bits per heavy atom. The minimum absolute atomic E-state index is 0.187. The number of allylic oxidation sites excluding steroid dienone is 1. The Bertz CT molecular complexity index is 149. The summed E-state index contributed by atoms with van der Waals surface area (Å²) in [5, 5.41) is 25.4.